The molecule has 0 atom stereocenters. The zero-order chi connectivity index (χ0) is 23.5. The molecule has 0 bridgehead atoms. The SMILES string of the molecule is O=C1S/C(=C\c2ccc(OCc3ccc(Cl)cc3Cl)c(Br)c2)C(=O)N1Cc1ccc(F)cc1. The first kappa shape index (κ1) is 23.8. The Bertz CT molecular complexity index is 1270. The van der Waals surface area contributed by atoms with Gasteiger partial charge in [-0.2, -0.15) is 0 Å². The summed E-state index contributed by atoms with van der Waals surface area (Å²) < 4.78 is 19.6. The number of hydrogen-bond donors (Lipinski definition) is 0. The van der Waals surface area contributed by atoms with Gasteiger partial charge in [-0.15, -0.1) is 0 Å². The lowest BCUT2D eigenvalue weighted by atomic mass is 10.2. The number of rotatable bonds is 6. The molecule has 1 heterocycles. The average Bonchev–Trinajstić information content (AvgIpc) is 3.03. The minimum atomic E-state index is -0.386. The number of halogens is 4. The maximum absolute atomic E-state index is 13.1. The molecular formula is C24H15BrCl2FNO3S. The second-order valence-corrected chi connectivity index (χ2v) is 9.80. The third-order valence-electron chi connectivity index (χ3n) is 4.78. The van der Waals surface area contributed by atoms with Crippen molar-refractivity contribution in [3.63, 3.8) is 0 Å². The van der Waals surface area contributed by atoms with Gasteiger partial charge >= 0.3 is 0 Å². The van der Waals surface area contributed by atoms with Crippen molar-refractivity contribution < 1.29 is 18.7 Å². The number of benzene rings is 3. The molecule has 4 rings (SSSR count). The van der Waals surface area contributed by atoms with Crippen LogP contribution in [-0.2, 0) is 17.9 Å². The summed E-state index contributed by atoms with van der Waals surface area (Å²) >= 11 is 16.5. The molecule has 1 aliphatic rings. The normalized spacial score (nSPS) is 14.9. The largest absolute Gasteiger partial charge is 0.488 e. The summed E-state index contributed by atoms with van der Waals surface area (Å²) in [5.74, 6) is -0.159. The molecule has 4 nitrogen and oxygen atoms in total. The van der Waals surface area contributed by atoms with Crippen molar-refractivity contribution in [1.29, 1.82) is 0 Å². The Kier molecular flexibility index (Phi) is 7.44. The van der Waals surface area contributed by atoms with Gasteiger partial charge in [-0.05, 0) is 81.3 Å². The van der Waals surface area contributed by atoms with Crippen LogP contribution in [0.4, 0.5) is 9.18 Å². The molecule has 0 unspecified atom stereocenters. The minimum absolute atomic E-state index is 0.0893. The van der Waals surface area contributed by atoms with Crippen molar-refractivity contribution in [3.8, 4) is 5.75 Å². The summed E-state index contributed by atoms with van der Waals surface area (Å²) in [6.45, 7) is 0.349. The van der Waals surface area contributed by atoms with Crippen molar-refractivity contribution in [1.82, 2.24) is 4.90 Å². The van der Waals surface area contributed by atoms with Crippen LogP contribution in [0, 0.1) is 5.82 Å². The summed E-state index contributed by atoms with van der Waals surface area (Å²) in [7, 11) is 0. The van der Waals surface area contributed by atoms with E-state index in [0.717, 1.165) is 27.8 Å². The van der Waals surface area contributed by atoms with E-state index in [1.165, 1.54) is 12.1 Å². The van der Waals surface area contributed by atoms with Crippen LogP contribution >= 0.6 is 50.9 Å². The maximum Gasteiger partial charge on any atom is 0.293 e. The van der Waals surface area contributed by atoms with Crippen LogP contribution in [-0.4, -0.2) is 16.0 Å². The molecular weight excluding hydrogens is 552 g/mol. The number of amides is 2. The van der Waals surface area contributed by atoms with E-state index in [0.29, 0.717) is 30.7 Å². The highest BCUT2D eigenvalue weighted by Crippen LogP contribution is 2.35. The van der Waals surface area contributed by atoms with Crippen molar-refractivity contribution in [2.24, 2.45) is 0 Å². The zero-order valence-corrected chi connectivity index (χ0v) is 20.8. The van der Waals surface area contributed by atoms with Gasteiger partial charge in [0.05, 0.1) is 15.9 Å². The monoisotopic (exact) mass is 565 g/mol. The third kappa shape index (κ3) is 5.79. The number of imide groups is 1. The number of ether oxygens (including phenoxy) is 1. The van der Waals surface area contributed by atoms with Crippen LogP contribution in [0.1, 0.15) is 16.7 Å². The maximum atomic E-state index is 13.1. The predicted molar refractivity (Wildman–Crippen MR) is 133 cm³/mol. The molecule has 1 saturated heterocycles. The Morgan fingerprint density at radius 1 is 1.03 bits per heavy atom. The third-order valence-corrected chi connectivity index (χ3v) is 6.89. The van der Waals surface area contributed by atoms with Gasteiger partial charge in [-0.3, -0.25) is 14.5 Å². The fraction of sp³-hybridized carbons (Fsp3) is 0.0833. The molecule has 3 aromatic rings. The second kappa shape index (κ2) is 10.3. The fourth-order valence-electron chi connectivity index (χ4n) is 3.08. The summed E-state index contributed by atoms with van der Waals surface area (Å²) in [6, 6.07) is 16.3. The Labute approximate surface area is 212 Å². The van der Waals surface area contributed by atoms with Gasteiger partial charge in [0.15, 0.2) is 0 Å². The topological polar surface area (TPSA) is 46.6 Å². The molecule has 0 saturated carbocycles. The van der Waals surface area contributed by atoms with Gasteiger partial charge in [-0.1, -0.05) is 47.5 Å². The van der Waals surface area contributed by atoms with Crippen molar-refractivity contribution in [2.75, 3.05) is 0 Å². The van der Waals surface area contributed by atoms with Crippen LogP contribution in [0.3, 0.4) is 0 Å². The van der Waals surface area contributed by atoms with E-state index < -0.39 is 0 Å². The Morgan fingerprint density at radius 2 is 1.79 bits per heavy atom. The molecule has 3 aromatic carbocycles. The standard InChI is InChI=1S/C24H15BrCl2FNO3S/c25-19-9-15(3-8-21(19)32-13-16-4-5-17(26)11-20(16)27)10-22-23(30)29(24(31)33-22)12-14-1-6-18(28)7-2-14/h1-11H,12-13H2/b22-10-. The van der Waals surface area contributed by atoms with Crippen LogP contribution in [0.15, 0.2) is 70.0 Å². The van der Waals surface area contributed by atoms with E-state index in [4.69, 9.17) is 27.9 Å². The zero-order valence-electron chi connectivity index (χ0n) is 16.9. The summed E-state index contributed by atoms with van der Waals surface area (Å²) in [4.78, 5) is 26.6. The van der Waals surface area contributed by atoms with Crippen molar-refractivity contribution in [2.45, 2.75) is 13.2 Å². The first-order valence-electron chi connectivity index (χ1n) is 9.66. The molecule has 2 amide bonds. The van der Waals surface area contributed by atoms with Crippen molar-refractivity contribution >= 4 is 68.1 Å². The fourth-order valence-corrected chi connectivity index (χ4v) is 4.89. The number of carbonyl (C=O) groups excluding carboxylic acids is 2. The molecule has 0 aromatic heterocycles. The average molecular weight is 567 g/mol. The van der Waals surface area contributed by atoms with E-state index >= 15 is 0 Å². The van der Waals surface area contributed by atoms with Crippen molar-refractivity contribution in [3.05, 3.63) is 103 Å². The van der Waals surface area contributed by atoms with E-state index in [-0.39, 0.29) is 30.1 Å². The Morgan fingerprint density at radius 3 is 2.48 bits per heavy atom. The lowest BCUT2D eigenvalue weighted by molar-refractivity contribution is -0.123. The molecule has 168 valence electrons. The lowest BCUT2D eigenvalue weighted by Crippen LogP contribution is -2.27. The van der Waals surface area contributed by atoms with E-state index in [1.807, 2.05) is 0 Å². The second-order valence-electron chi connectivity index (χ2n) is 7.11. The van der Waals surface area contributed by atoms with Crippen LogP contribution < -0.4 is 4.74 Å². The number of carbonyl (C=O) groups is 2. The molecule has 9 heteroatoms. The number of nitrogens with zero attached hydrogens (tertiary/aromatic N) is 1. The van der Waals surface area contributed by atoms with E-state index in [2.05, 4.69) is 15.9 Å². The molecule has 0 spiro atoms. The summed E-state index contributed by atoms with van der Waals surface area (Å²) in [5, 5.41) is 0.706. The summed E-state index contributed by atoms with van der Waals surface area (Å²) in [6.07, 6.45) is 1.65. The minimum Gasteiger partial charge on any atom is -0.488 e. The van der Waals surface area contributed by atoms with Crippen LogP contribution in [0.2, 0.25) is 10.0 Å². The Hall–Kier alpha value is -2.32. The van der Waals surface area contributed by atoms with E-state index in [9.17, 15) is 14.0 Å². The van der Waals surface area contributed by atoms with Gasteiger partial charge in [0.2, 0.25) is 0 Å². The number of thioether (sulfide) groups is 1. The first-order valence-corrected chi connectivity index (χ1v) is 12.0. The highest BCUT2D eigenvalue weighted by molar-refractivity contribution is 9.10. The highest BCUT2D eigenvalue weighted by Gasteiger charge is 2.35. The summed E-state index contributed by atoms with van der Waals surface area (Å²) in [5.41, 5.74) is 2.20. The molecule has 0 radical (unpaired) electrons. The highest BCUT2D eigenvalue weighted by atomic mass is 79.9. The van der Waals surface area contributed by atoms with Gasteiger partial charge < -0.3 is 4.74 Å². The molecule has 0 N–H and O–H groups in total. The molecule has 1 aliphatic heterocycles. The first-order chi connectivity index (χ1) is 15.8. The van der Waals surface area contributed by atoms with Crippen LogP contribution in [0.25, 0.3) is 6.08 Å². The lowest BCUT2D eigenvalue weighted by Gasteiger charge is -2.12. The van der Waals surface area contributed by atoms with Gasteiger partial charge in [0, 0.05) is 15.6 Å². The molecule has 0 aliphatic carbocycles. The van der Waals surface area contributed by atoms with Gasteiger partial charge in [0.1, 0.15) is 18.2 Å². The molecule has 1 fully saturated rings. The smallest absolute Gasteiger partial charge is 0.293 e. The van der Waals surface area contributed by atoms with Gasteiger partial charge in [-0.25, -0.2) is 4.39 Å². The van der Waals surface area contributed by atoms with Crippen LogP contribution in [0.5, 0.6) is 5.75 Å². The number of hydrogen-bond acceptors (Lipinski definition) is 4. The Balaban J connectivity index is 1.45. The molecule has 33 heavy (non-hydrogen) atoms. The predicted octanol–water partition coefficient (Wildman–Crippen LogP) is 7.71. The van der Waals surface area contributed by atoms with E-state index in [1.54, 1.807) is 54.6 Å². The quantitative estimate of drug-likeness (QED) is 0.287. The van der Waals surface area contributed by atoms with Gasteiger partial charge in [0.25, 0.3) is 11.1 Å².